The van der Waals surface area contributed by atoms with E-state index in [4.69, 9.17) is 0 Å². The SMILES string of the molecule is O=C(N/N=C\c1cccc(O)c1)C(=O)Nc1ccc([N+](=O)[O-])cc1. The fourth-order valence-electron chi connectivity index (χ4n) is 1.68. The van der Waals surface area contributed by atoms with E-state index in [9.17, 15) is 24.8 Å². The molecular weight excluding hydrogens is 316 g/mol. The van der Waals surface area contributed by atoms with Crippen LogP contribution < -0.4 is 10.7 Å². The largest absolute Gasteiger partial charge is 0.508 e. The number of rotatable bonds is 4. The molecule has 24 heavy (non-hydrogen) atoms. The molecule has 0 spiro atoms. The first kappa shape index (κ1) is 16.6. The quantitative estimate of drug-likeness (QED) is 0.337. The molecule has 2 aromatic rings. The molecule has 9 nitrogen and oxygen atoms in total. The van der Waals surface area contributed by atoms with Gasteiger partial charge in [0, 0.05) is 17.8 Å². The van der Waals surface area contributed by atoms with Crippen molar-refractivity contribution in [1.29, 1.82) is 0 Å². The van der Waals surface area contributed by atoms with E-state index in [1.54, 1.807) is 12.1 Å². The van der Waals surface area contributed by atoms with Crippen LogP contribution in [0.4, 0.5) is 11.4 Å². The second kappa shape index (κ2) is 7.49. The molecule has 2 aromatic carbocycles. The summed E-state index contributed by atoms with van der Waals surface area (Å²) in [6.07, 6.45) is 1.26. The molecule has 0 aliphatic rings. The van der Waals surface area contributed by atoms with Crippen molar-refractivity contribution < 1.29 is 19.6 Å². The Morgan fingerprint density at radius 1 is 1.12 bits per heavy atom. The normalized spacial score (nSPS) is 10.3. The highest BCUT2D eigenvalue weighted by Gasteiger charge is 2.13. The van der Waals surface area contributed by atoms with E-state index in [1.807, 2.05) is 5.43 Å². The van der Waals surface area contributed by atoms with Gasteiger partial charge in [0.2, 0.25) is 0 Å². The number of benzene rings is 2. The van der Waals surface area contributed by atoms with Crippen molar-refractivity contribution in [3.63, 3.8) is 0 Å². The summed E-state index contributed by atoms with van der Waals surface area (Å²) in [5.41, 5.74) is 2.66. The van der Waals surface area contributed by atoms with E-state index in [0.29, 0.717) is 5.56 Å². The van der Waals surface area contributed by atoms with Crippen molar-refractivity contribution in [2.45, 2.75) is 0 Å². The first-order chi connectivity index (χ1) is 11.5. The second-order valence-electron chi connectivity index (χ2n) is 4.55. The van der Waals surface area contributed by atoms with Crippen LogP contribution in [0.5, 0.6) is 5.75 Å². The van der Waals surface area contributed by atoms with Crippen molar-refractivity contribution in [3.05, 3.63) is 64.2 Å². The van der Waals surface area contributed by atoms with Gasteiger partial charge in [0.1, 0.15) is 5.75 Å². The maximum absolute atomic E-state index is 11.7. The Bertz CT molecular complexity index is 802. The number of carbonyl (C=O) groups is 2. The maximum atomic E-state index is 11.7. The van der Waals surface area contributed by atoms with Crippen LogP contribution in [0.2, 0.25) is 0 Å². The van der Waals surface area contributed by atoms with Gasteiger partial charge in [-0.15, -0.1) is 0 Å². The number of phenolic OH excluding ortho intramolecular Hbond substituents is 1. The van der Waals surface area contributed by atoms with Crippen LogP contribution in [-0.4, -0.2) is 28.1 Å². The lowest BCUT2D eigenvalue weighted by Gasteiger charge is -2.03. The van der Waals surface area contributed by atoms with Gasteiger partial charge in [-0.3, -0.25) is 19.7 Å². The van der Waals surface area contributed by atoms with Crippen molar-refractivity contribution in [3.8, 4) is 5.75 Å². The van der Waals surface area contributed by atoms with E-state index in [1.165, 1.54) is 42.6 Å². The number of carbonyl (C=O) groups excluding carboxylic acids is 2. The molecule has 3 N–H and O–H groups in total. The second-order valence-corrected chi connectivity index (χ2v) is 4.55. The Morgan fingerprint density at radius 3 is 2.46 bits per heavy atom. The third-order valence-electron chi connectivity index (χ3n) is 2.79. The third kappa shape index (κ3) is 4.63. The van der Waals surface area contributed by atoms with Gasteiger partial charge in [0.25, 0.3) is 5.69 Å². The highest BCUT2D eigenvalue weighted by Crippen LogP contribution is 2.15. The summed E-state index contributed by atoms with van der Waals surface area (Å²) in [5, 5.41) is 25.7. The standard InChI is InChI=1S/C15H12N4O5/c20-13-3-1-2-10(8-13)9-16-18-15(22)14(21)17-11-4-6-12(7-5-11)19(23)24/h1-9,20H,(H,17,21)(H,18,22)/b16-9-. The molecule has 0 aliphatic heterocycles. The number of amides is 2. The van der Waals surface area contributed by atoms with Crippen LogP contribution in [0.25, 0.3) is 0 Å². The Hall–Kier alpha value is -3.75. The zero-order chi connectivity index (χ0) is 17.5. The predicted octanol–water partition coefficient (Wildman–Crippen LogP) is 1.39. The zero-order valence-electron chi connectivity index (χ0n) is 12.2. The number of non-ortho nitro benzene ring substituents is 1. The van der Waals surface area contributed by atoms with Crippen molar-refractivity contribution >= 4 is 29.4 Å². The Balaban J connectivity index is 1.90. The minimum absolute atomic E-state index is 0.0428. The number of nitrogens with zero attached hydrogens (tertiary/aromatic N) is 2. The maximum Gasteiger partial charge on any atom is 0.329 e. The van der Waals surface area contributed by atoms with Crippen LogP contribution >= 0.6 is 0 Å². The van der Waals surface area contributed by atoms with Gasteiger partial charge < -0.3 is 10.4 Å². The first-order valence-electron chi connectivity index (χ1n) is 6.63. The Morgan fingerprint density at radius 2 is 1.83 bits per heavy atom. The summed E-state index contributed by atoms with van der Waals surface area (Å²) >= 11 is 0. The molecule has 9 heteroatoms. The molecule has 0 unspecified atom stereocenters. The smallest absolute Gasteiger partial charge is 0.329 e. The summed E-state index contributed by atoms with van der Waals surface area (Å²) in [6.45, 7) is 0. The Labute approximate surface area is 135 Å². The summed E-state index contributed by atoms with van der Waals surface area (Å²) in [7, 11) is 0. The number of anilines is 1. The zero-order valence-corrected chi connectivity index (χ0v) is 12.2. The minimum atomic E-state index is -1.01. The number of nitro benzene ring substituents is 1. The van der Waals surface area contributed by atoms with Crippen molar-refractivity contribution in [2.75, 3.05) is 5.32 Å². The lowest BCUT2D eigenvalue weighted by Crippen LogP contribution is -2.32. The van der Waals surface area contributed by atoms with Gasteiger partial charge in [-0.25, -0.2) is 5.43 Å². The summed E-state index contributed by atoms with van der Waals surface area (Å²) in [5.74, 6) is -1.94. The highest BCUT2D eigenvalue weighted by atomic mass is 16.6. The Kier molecular flexibility index (Phi) is 5.19. The number of nitrogens with one attached hydrogen (secondary N) is 2. The molecule has 0 saturated heterocycles. The van der Waals surface area contributed by atoms with Gasteiger partial charge in [-0.2, -0.15) is 5.10 Å². The lowest BCUT2D eigenvalue weighted by atomic mass is 10.2. The molecule has 122 valence electrons. The van der Waals surface area contributed by atoms with E-state index in [2.05, 4.69) is 10.4 Å². The van der Waals surface area contributed by atoms with Crippen LogP contribution in [0.15, 0.2) is 53.6 Å². The first-order valence-corrected chi connectivity index (χ1v) is 6.63. The average molecular weight is 328 g/mol. The molecule has 2 rings (SSSR count). The fraction of sp³-hybridized carbons (Fsp3) is 0. The number of hydrazone groups is 1. The summed E-state index contributed by atoms with van der Waals surface area (Å²) in [6, 6.07) is 11.2. The predicted molar refractivity (Wildman–Crippen MR) is 85.6 cm³/mol. The molecular formula is C15H12N4O5. The number of aromatic hydroxyl groups is 1. The average Bonchev–Trinajstić information content (AvgIpc) is 2.55. The molecule has 0 saturated carbocycles. The number of hydrogen-bond donors (Lipinski definition) is 3. The van der Waals surface area contributed by atoms with Gasteiger partial charge in [0.15, 0.2) is 0 Å². The molecule has 0 aliphatic carbocycles. The van der Waals surface area contributed by atoms with E-state index in [0.717, 1.165) is 0 Å². The number of nitro groups is 1. The molecule has 2 amide bonds. The summed E-state index contributed by atoms with van der Waals surface area (Å²) < 4.78 is 0. The van der Waals surface area contributed by atoms with E-state index < -0.39 is 16.7 Å². The van der Waals surface area contributed by atoms with Crippen LogP contribution in [0, 0.1) is 10.1 Å². The van der Waals surface area contributed by atoms with E-state index >= 15 is 0 Å². The van der Waals surface area contributed by atoms with Gasteiger partial charge >= 0.3 is 11.8 Å². The van der Waals surface area contributed by atoms with Crippen molar-refractivity contribution in [2.24, 2.45) is 5.10 Å². The van der Waals surface area contributed by atoms with Gasteiger partial charge in [-0.1, -0.05) is 12.1 Å². The monoisotopic (exact) mass is 328 g/mol. The number of hydrogen-bond acceptors (Lipinski definition) is 6. The van der Waals surface area contributed by atoms with Crippen LogP contribution in [-0.2, 0) is 9.59 Å². The van der Waals surface area contributed by atoms with Crippen LogP contribution in [0.3, 0.4) is 0 Å². The molecule has 0 bridgehead atoms. The molecule has 0 radical (unpaired) electrons. The molecule has 0 atom stereocenters. The number of phenols is 1. The molecule has 0 fully saturated rings. The topological polar surface area (TPSA) is 134 Å². The molecule has 0 heterocycles. The minimum Gasteiger partial charge on any atom is -0.508 e. The van der Waals surface area contributed by atoms with Gasteiger partial charge in [-0.05, 0) is 29.8 Å². The third-order valence-corrected chi connectivity index (χ3v) is 2.79. The lowest BCUT2D eigenvalue weighted by molar-refractivity contribution is -0.384. The van der Waals surface area contributed by atoms with E-state index in [-0.39, 0.29) is 17.1 Å². The summed E-state index contributed by atoms with van der Waals surface area (Å²) in [4.78, 5) is 33.2. The molecule has 0 aromatic heterocycles. The van der Waals surface area contributed by atoms with Crippen molar-refractivity contribution in [1.82, 2.24) is 5.43 Å². The fourth-order valence-corrected chi connectivity index (χ4v) is 1.68. The van der Waals surface area contributed by atoms with Gasteiger partial charge in [0.05, 0.1) is 11.1 Å². The highest BCUT2D eigenvalue weighted by molar-refractivity contribution is 6.39. The van der Waals surface area contributed by atoms with Crippen LogP contribution in [0.1, 0.15) is 5.56 Å².